The van der Waals surface area contributed by atoms with Crippen molar-refractivity contribution in [3.63, 3.8) is 0 Å². The molecule has 1 amide bonds. The van der Waals surface area contributed by atoms with Crippen LogP contribution in [0.4, 0.5) is 0 Å². The van der Waals surface area contributed by atoms with Gasteiger partial charge in [-0.3, -0.25) is 4.79 Å². The van der Waals surface area contributed by atoms with Gasteiger partial charge in [-0.15, -0.1) is 10.2 Å². The van der Waals surface area contributed by atoms with E-state index in [9.17, 15) is 9.90 Å². The number of aliphatic hydroxyl groups is 1. The zero-order valence-electron chi connectivity index (χ0n) is 7.53. The number of halogens is 1. The second-order valence-corrected chi connectivity index (χ2v) is 4.19. The summed E-state index contributed by atoms with van der Waals surface area (Å²) in [4.78, 5) is 11.3. The van der Waals surface area contributed by atoms with Gasteiger partial charge in [-0.05, 0) is 18.0 Å². The van der Waals surface area contributed by atoms with Crippen LogP contribution in [0, 0.1) is 0 Å². The van der Waals surface area contributed by atoms with Gasteiger partial charge >= 0.3 is 0 Å². The van der Waals surface area contributed by atoms with Crippen LogP contribution in [0.2, 0.25) is 4.47 Å². The molecule has 0 aliphatic carbocycles. The topological polar surface area (TPSA) is 75.1 Å². The summed E-state index contributed by atoms with van der Waals surface area (Å²) >= 11 is 6.51. The minimum atomic E-state index is -0.526. The lowest BCUT2D eigenvalue weighted by Gasteiger charge is -2.07. The molecule has 1 aromatic heterocycles. The number of hydrogen-bond donors (Lipinski definition) is 2. The molecule has 0 saturated carbocycles. The fraction of sp³-hybridized carbons (Fsp3) is 0.571. The number of rotatable bonds is 4. The predicted molar refractivity (Wildman–Crippen MR) is 53.6 cm³/mol. The number of amides is 1. The molecule has 1 aromatic rings. The molecule has 0 aromatic carbocycles. The Kier molecular flexibility index (Phi) is 4.24. The second kappa shape index (κ2) is 5.23. The first kappa shape index (κ1) is 11.4. The number of carbonyl (C=O) groups is 1. The Bertz CT molecular complexity index is 318. The van der Waals surface area contributed by atoms with Crippen LogP contribution in [-0.2, 0) is 0 Å². The van der Waals surface area contributed by atoms with E-state index in [2.05, 4.69) is 15.5 Å². The fourth-order valence-electron chi connectivity index (χ4n) is 0.728. The van der Waals surface area contributed by atoms with Gasteiger partial charge in [-0.1, -0.05) is 18.3 Å². The Morgan fingerprint density at radius 2 is 2.43 bits per heavy atom. The Balaban J connectivity index is 2.43. The highest BCUT2D eigenvalue weighted by Gasteiger charge is 2.12. The zero-order valence-corrected chi connectivity index (χ0v) is 9.10. The average molecular weight is 236 g/mol. The van der Waals surface area contributed by atoms with Crippen molar-refractivity contribution < 1.29 is 9.90 Å². The van der Waals surface area contributed by atoms with Gasteiger partial charge < -0.3 is 10.4 Å². The van der Waals surface area contributed by atoms with Gasteiger partial charge in [-0.25, -0.2) is 0 Å². The summed E-state index contributed by atoms with van der Waals surface area (Å²) in [6.07, 6.45) is 0.0688. The number of nitrogens with zero attached hydrogens (tertiary/aromatic N) is 2. The van der Waals surface area contributed by atoms with Crippen molar-refractivity contribution in [2.45, 2.75) is 19.4 Å². The highest BCUT2D eigenvalue weighted by molar-refractivity contribution is 7.17. The van der Waals surface area contributed by atoms with Crippen molar-refractivity contribution in [1.29, 1.82) is 0 Å². The molecular weight excluding hydrogens is 226 g/mol. The van der Waals surface area contributed by atoms with Gasteiger partial charge in [0.2, 0.25) is 9.47 Å². The van der Waals surface area contributed by atoms with Crippen LogP contribution in [0.3, 0.4) is 0 Å². The van der Waals surface area contributed by atoms with Gasteiger partial charge in [0.1, 0.15) is 0 Å². The van der Waals surface area contributed by atoms with Gasteiger partial charge in [0, 0.05) is 6.54 Å². The third-order valence-electron chi connectivity index (χ3n) is 1.56. The van der Waals surface area contributed by atoms with Crippen LogP contribution in [0.1, 0.15) is 23.1 Å². The molecule has 0 radical (unpaired) electrons. The van der Waals surface area contributed by atoms with Crippen LogP contribution in [0.15, 0.2) is 0 Å². The number of hydrogen-bond acceptors (Lipinski definition) is 5. The molecule has 0 saturated heterocycles. The Hall–Kier alpha value is -0.720. The molecule has 5 nitrogen and oxygen atoms in total. The summed E-state index contributed by atoms with van der Waals surface area (Å²) in [6.45, 7) is 2.05. The van der Waals surface area contributed by atoms with Crippen LogP contribution < -0.4 is 5.32 Å². The number of aliphatic hydroxyl groups excluding tert-OH is 1. The molecule has 1 heterocycles. The van der Waals surface area contributed by atoms with Crippen LogP contribution in [-0.4, -0.2) is 33.9 Å². The Morgan fingerprint density at radius 1 is 1.71 bits per heavy atom. The predicted octanol–water partition coefficient (Wildman–Crippen LogP) is 0.692. The molecule has 0 fully saturated rings. The number of aromatic nitrogens is 2. The second-order valence-electron chi connectivity index (χ2n) is 2.63. The Morgan fingerprint density at radius 3 is 2.93 bits per heavy atom. The van der Waals surface area contributed by atoms with Crippen molar-refractivity contribution >= 4 is 28.8 Å². The molecule has 0 aliphatic rings. The minimum Gasteiger partial charge on any atom is -0.391 e. The molecule has 7 heteroatoms. The van der Waals surface area contributed by atoms with Gasteiger partial charge in [-0.2, -0.15) is 0 Å². The van der Waals surface area contributed by atoms with E-state index in [1.165, 1.54) is 0 Å². The molecule has 0 aliphatic heterocycles. The van der Waals surface area contributed by atoms with E-state index in [4.69, 9.17) is 11.6 Å². The molecule has 2 N–H and O–H groups in total. The summed E-state index contributed by atoms with van der Waals surface area (Å²) in [5.41, 5.74) is 0. The smallest absolute Gasteiger partial charge is 0.282 e. The van der Waals surface area contributed by atoms with E-state index in [1.807, 2.05) is 6.92 Å². The maximum absolute atomic E-state index is 11.3. The quantitative estimate of drug-likeness (QED) is 0.805. The Labute approximate surface area is 90.1 Å². The molecule has 1 unspecified atom stereocenters. The SMILES string of the molecule is CCC(O)CNC(=O)c1nnc(Cl)s1. The highest BCUT2D eigenvalue weighted by atomic mass is 35.5. The third-order valence-corrected chi connectivity index (χ3v) is 2.58. The first-order valence-electron chi connectivity index (χ1n) is 4.08. The summed E-state index contributed by atoms with van der Waals surface area (Å²) in [6, 6.07) is 0. The lowest BCUT2D eigenvalue weighted by Crippen LogP contribution is -2.31. The summed E-state index contributed by atoms with van der Waals surface area (Å²) in [5.74, 6) is -0.359. The van der Waals surface area contributed by atoms with Crippen molar-refractivity contribution in [3.05, 3.63) is 9.47 Å². The van der Waals surface area contributed by atoms with Crippen molar-refractivity contribution in [2.24, 2.45) is 0 Å². The molecule has 0 bridgehead atoms. The standard InChI is InChI=1S/C7H10ClN3O2S/c1-2-4(12)3-9-5(13)6-10-11-7(8)14-6/h4,12H,2-3H2,1H3,(H,9,13). The molecule has 1 rings (SSSR count). The normalized spacial score (nSPS) is 12.5. The zero-order chi connectivity index (χ0) is 10.6. The summed E-state index contributed by atoms with van der Waals surface area (Å²) in [5, 5.41) is 19.0. The first-order valence-corrected chi connectivity index (χ1v) is 5.28. The largest absolute Gasteiger partial charge is 0.391 e. The summed E-state index contributed by atoms with van der Waals surface area (Å²) < 4.78 is 0.228. The summed E-state index contributed by atoms with van der Waals surface area (Å²) in [7, 11) is 0. The molecular formula is C7H10ClN3O2S. The monoisotopic (exact) mass is 235 g/mol. The fourth-order valence-corrected chi connectivity index (χ4v) is 1.47. The van der Waals surface area contributed by atoms with Gasteiger partial charge in [0.25, 0.3) is 5.91 Å². The van der Waals surface area contributed by atoms with E-state index in [1.54, 1.807) is 0 Å². The van der Waals surface area contributed by atoms with E-state index in [-0.39, 0.29) is 21.9 Å². The number of nitrogens with one attached hydrogen (secondary N) is 1. The first-order chi connectivity index (χ1) is 6.63. The van der Waals surface area contributed by atoms with E-state index >= 15 is 0 Å². The van der Waals surface area contributed by atoms with E-state index in [0.29, 0.717) is 6.42 Å². The minimum absolute atomic E-state index is 0.207. The van der Waals surface area contributed by atoms with Crippen LogP contribution >= 0.6 is 22.9 Å². The molecule has 14 heavy (non-hydrogen) atoms. The highest BCUT2D eigenvalue weighted by Crippen LogP contribution is 2.14. The lowest BCUT2D eigenvalue weighted by atomic mass is 10.3. The molecule has 1 atom stereocenters. The van der Waals surface area contributed by atoms with E-state index in [0.717, 1.165) is 11.3 Å². The van der Waals surface area contributed by atoms with Crippen molar-refractivity contribution in [1.82, 2.24) is 15.5 Å². The van der Waals surface area contributed by atoms with Crippen LogP contribution in [0.25, 0.3) is 0 Å². The van der Waals surface area contributed by atoms with Crippen molar-refractivity contribution in [2.75, 3.05) is 6.54 Å². The van der Waals surface area contributed by atoms with Crippen LogP contribution in [0.5, 0.6) is 0 Å². The van der Waals surface area contributed by atoms with E-state index < -0.39 is 6.10 Å². The molecule has 78 valence electrons. The van der Waals surface area contributed by atoms with Gasteiger partial charge in [0.15, 0.2) is 0 Å². The maximum atomic E-state index is 11.3. The molecule has 0 spiro atoms. The number of carbonyl (C=O) groups excluding carboxylic acids is 1. The van der Waals surface area contributed by atoms with Crippen molar-refractivity contribution in [3.8, 4) is 0 Å². The maximum Gasteiger partial charge on any atom is 0.282 e. The average Bonchev–Trinajstić information content (AvgIpc) is 2.60. The van der Waals surface area contributed by atoms with Gasteiger partial charge in [0.05, 0.1) is 6.10 Å². The third kappa shape index (κ3) is 3.21. The lowest BCUT2D eigenvalue weighted by molar-refractivity contribution is 0.0913.